The normalized spacial score (nSPS) is 26.2. The average molecular weight is 527 g/mol. The first kappa shape index (κ1) is 27.7. The Labute approximate surface area is 220 Å². The molecule has 0 radical (unpaired) electrons. The Morgan fingerprint density at radius 1 is 0.946 bits per heavy atom. The Bertz CT molecular complexity index is 1040. The Hall–Kier alpha value is -2.33. The summed E-state index contributed by atoms with van der Waals surface area (Å²) in [6, 6.07) is 20.7. The van der Waals surface area contributed by atoms with Crippen LogP contribution in [0.15, 0.2) is 72.8 Å². The lowest BCUT2D eigenvalue weighted by molar-refractivity contribution is -0.233. The van der Waals surface area contributed by atoms with Crippen LogP contribution in [0, 0.1) is 0 Å². The fourth-order valence-electron chi connectivity index (χ4n) is 5.40. The van der Waals surface area contributed by atoms with Gasteiger partial charge in [0.05, 0.1) is 13.2 Å². The quantitative estimate of drug-likeness (QED) is 0.296. The summed E-state index contributed by atoms with van der Waals surface area (Å²) in [6.07, 6.45) is 0.359. The minimum atomic E-state index is -2.99. The highest BCUT2D eigenvalue weighted by atomic mass is 28.4. The van der Waals surface area contributed by atoms with Crippen LogP contribution < -0.4 is 10.4 Å². The molecule has 0 unspecified atom stereocenters. The van der Waals surface area contributed by atoms with Gasteiger partial charge >= 0.3 is 5.97 Å². The number of ether oxygens (including phenoxy) is 5. The van der Waals surface area contributed by atoms with Crippen molar-refractivity contribution in [3.8, 4) is 0 Å². The second kappa shape index (κ2) is 10.8. The molecule has 2 aliphatic rings. The third kappa shape index (κ3) is 5.46. The molecule has 0 aromatic heterocycles. The van der Waals surface area contributed by atoms with Gasteiger partial charge in [-0.1, -0.05) is 81.4 Å². The summed E-state index contributed by atoms with van der Waals surface area (Å²) in [6.45, 7) is 10.4. The standard InChI is InChI=1S/C29H38O7Si/c1-28(2,3)37(20-14-10-8-11-15-20,21-16-12-9-13-17-21)36-22(18-19-23(30)31-6)24-25-26(27(32-7)33-24)35-29(4,5)34-25/h8-19,22,24-27H,1-7H3/b19-18+/t22-,24-,25-,26-,27-/m1/s1. The van der Waals surface area contributed by atoms with Gasteiger partial charge in [-0.2, -0.15) is 0 Å². The summed E-state index contributed by atoms with van der Waals surface area (Å²) >= 11 is 0. The van der Waals surface area contributed by atoms with E-state index in [4.69, 9.17) is 28.1 Å². The fraction of sp³-hybridized carbons (Fsp3) is 0.483. The van der Waals surface area contributed by atoms with E-state index in [1.54, 1.807) is 13.2 Å². The molecule has 2 heterocycles. The Morgan fingerprint density at radius 3 is 1.97 bits per heavy atom. The molecule has 2 aromatic rings. The zero-order valence-electron chi connectivity index (χ0n) is 22.7. The summed E-state index contributed by atoms with van der Waals surface area (Å²) in [5.41, 5.74) is 0. The van der Waals surface area contributed by atoms with Crippen molar-refractivity contribution in [2.75, 3.05) is 14.2 Å². The van der Waals surface area contributed by atoms with Gasteiger partial charge in [-0.05, 0) is 35.3 Å². The number of methoxy groups -OCH3 is 2. The number of esters is 1. The van der Waals surface area contributed by atoms with Crippen molar-refractivity contribution in [3.63, 3.8) is 0 Å². The number of fused-ring (bicyclic) bond motifs is 1. The van der Waals surface area contributed by atoms with Crippen LogP contribution in [0.5, 0.6) is 0 Å². The highest BCUT2D eigenvalue weighted by Gasteiger charge is 2.60. The molecule has 0 saturated carbocycles. The van der Waals surface area contributed by atoms with E-state index in [1.807, 2.05) is 50.2 Å². The van der Waals surface area contributed by atoms with Crippen molar-refractivity contribution < 1.29 is 32.9 Å². The van der Waals surface area contributed by atoms with E-state index in [9.17, 15) is 4.79 Å². The molecule has 2 aromatic carbocycles. The molecule has 2 saturated heterocycles. The minimum absolute atomic E-state index is 0.280. The average Bonchev–Trinajstić information content (AvgIpc) is 3.37. The summed E-state index contributed by atoms with van der Waals surface area (Å²) in [5, 5.41) is 1.96. The monoisotopic (exact) mass is 526 g/mol. The lowest BCUT2D eigenvalue weighted by Crippen LogP contribution is -2.68. The largest absolute Gasteiger partial charge is 0.466 e. The second-order valence-electron chi connectivity index (χ2n) is 10.9. The second-order valence-corrected chi connectivity index (χ2v) is 15.2. The predicted octanol–water partition coefficient (Wildman–Crippen LogP) is 3.55. The van der Waals surface area contributed by atoms with Gasteiger partial charge in [0, 0.05) is 13.2 Å². The van der Waals surface area contributed by atoms with Crippen LogP contribution in [0.2, 0.25) is 5.04 Å². The van der Waals surface area contributed by atoms with E-state index >= 15 is 0 Å². The van der Waals surface area contributed by atoms with Crippen LogP contribution in [0.25, 0.3) is 0 Å². The maximum atomic E-state index is 12.2. The van der Waals surface area contributed by atoms with Gasteiger partial charge in [-0.15, -0.1) is 0 Å². The summed E-state index contributed by atoms with van der Waals surface area (Å²) in [4.78, 5) is 12.2. The number of hydrogen-bond donors (Lipinski definition) is 0. The van der Waals surface area contributed by atoms with Gasteiger partial charge in [0.15, 0.2) is 12.1 Å². The van der Waals surface area contributed by atoms with Crippen molar-refractivity contribution in [2.24, 2.45) is 0 Å². The van der Waals surface area contributed by atoms with Gasteiger partial charge in [-0.25, -0.2) is 4.79 Å². The van der Waals surface area contributed by atoms with Gasteiger partial charge in [0.2, 0.25) is 0 Å². The molecule has 0 aliphatic carbocycles. The van der Waals surface area contributed by atoms with E-state index < -0.39 is 50.8 Å². The maximum absolute atomic E-state index is 12.2. The number of hydrogen-bond acceptors (Lipinski definition) is 7. The van der Waals surface area contributed by atoms with Crippen molar-refractivity contribution in [3.05, 3.63) is 72.8 Å². The van der Waals surface area contributed by atoms with Crippen LogP contribution in [0.1, 0.15) is 34.6 Å². The molecule has 0 amide bonds. The van der Waals surface area contributed by atoms with Gasteiger partial charge in [0.25, 0.3) is 8.32 Å². The summed E-state index contributed by atoms with van der Waals surface area (Å²) in [5.74, 6) is -1.28. The first-order valence-electron chi connectivity index (χ1n) is 12.6. The van der Waals surface area contributed by atoms with Crippen LogP contribution in [0.4, 0.5) is 0 Å². The highest BCUT2D eigenvalue weighted by molar-refractivity contribution is 6.99. The molecule has 2 fully saturated rings. The van der Waals surface area contributed by atoms with Gasteiger partial charge < -0.3 is 28.1 Å². The van der Waals surface area contributed by atoms with E-state index in [0.717, 1.165) is 10.4 Å². The van der Waals surface area contributed by atoms with Crippen molar-refractivity contribution in [1.82, 2.24) is 0 Å². The van der Waals surface area contributed by atoms with Crippen molar-refractivity contribution in [1.29, 1.82) is 0 Å². The zero-order chi connectivity index (χ0) is 26.8. The molecule has 0 N–H and O–H groups in total. The molecule has 37 heavy (non-hydrogen) atoms. The molecule has 200 valence electrons. The zero-order valence-corrected chi connectivity index (χ0v) is 23.7. The van der Waals surface area contributed by atoms with E-state index in [1.165, 1.54) is 13.2 Å². The fourth-order valence-corrected chi connectivity index (χ4v) is 10.0. The molecule has 7 nitrogen and oxygen atoms in total. The highest BCUT2D eigenvalue weighted by Crippen LogP contribution is 2.43. The number of carbonyl (C=O) groups is 1. The van der Waals surface area contributed by atoms with Gasteiger partial charge in [-0.3, -0.25) is 0 Å². The minimum Gasteiger partial charge on any atom is -0.466 e. The SMILES string of the molecule is COC(=O)/C=C/[C@@H](O[Si](c1ccccc1)(c1ccccc1)C(C)(C)C)[C@H]1O[C@@H](OC)[C@@H]2OC(C)(C)O[C@@H]21. The molecule has 0 spiro atoms. The summed E-state index contributed by atoms with van der Waals surface area (Å²) < 4.78 is 36.7. The van der Waals surface area contributed by atoms with Crippen LogP contribution in [0.3, 0.4) is 0 Å². The molecule has 4 rings (SSSR count). The number of benzene rings is 2. The predicted molar refractivity (Wildman–Crippen MR) is 143 cm³/mol. The lowest BCUT2D eigenvalue weighted by atomic mass is 10.1. The van der Waals surface area contributed by atoms with Crippen molar-refractivity contribution >= 4 is 24.7 Å². The van der Waals surface area contributed by atoms with E-state index in [2.05, 4.69) is 45.0 Å². The third-order valence-electron chi connectivity index (χ3n) is 6.96. The Kier molecular flexibility index (Phi) is 8.09. The lowest BCUT2D eigenvalue weighted by Gasteiger charge is -2.45. The van der Waals surface area contributed by atoms with Crippen LogP contribution in [-0.2, 0) is 32.9 Å². The first-order valence-corrected chi connectivity index (χ1v) is 14.5. The third-order valence-corrected chi connectivity index (χ3v) is 12.0. The van der Waals surface area contributed by atoms with E-state index in [-0.39, 0.29) is 5.04 Å². The number of rotatable bonds is 8. The van der Waals surface area contributed by atoms with Crippen LogP contribution >= 0.6 is 0 Å². The molecule has 8 heteroatoms. The Morgan fingerprint density at radius 2 is 1.49 bits per heavy atom. The van der Waals surface area contributed by atoms with Crippen LogP contribution in [-0.4, -0.2) is 65.0 Å². The Balaban J connectivity index is 1.86. The van der Waals surface area contributed by atoms with Crippen molar-refractivity contribution in [2.45, 2.75) is 76.1 Å². The van der Waals surface area contributed by atoms with Gasteiger partial charge in [0.1, 0.15) is 18.3 Å². The maximum Gasteiger partial charge on any atom is 0.330 e. The number of carbonyl (C=O) groups excluding carboxylic acids is 1. The van der Waals surface area contributed by atoms with E-state index in [0.29, 0.717) is 0 Å². The topological polar surface area (TPSA) is 72.5 Å². The molecular formula is C29H38O7Si. The summed E-state index contributed by atoms with van der Waals surface area (Å²) in [7, 11) is -0.0588. The molecule has 0 bridgehead atoms. The first-order chi connectivity index (χ1) is 17.5. The molecule has 2 aliphatic heterocycles. The molecule has 5 atom stereocenters. The molecular weight excluding hydrogens is 488 g/mol. The smallest absolute Gasteiger partial charge is 0.330 e.